The summed E-state index contributed by atoms with van der Waals surface area (Å²) in [6.45, 7) is 13.9. The Hall–Kier alpha value is -1.85. The molecule has 2 rings (SSSR count). The molecule has 0 aliphatic rings. The second kappa shape index (κ2) is 9.19. The van der Waals surface area contributed by atoms with Crippen LogP contribution in [0.5, 0.6) is 0 Å². The van der Waals surface area contributed by atoms with Gasteiger partial charge in [-0.2, -0.15) is 5.10 Å². The third kappa shape index (κ3) is 5.58. The summed E-state index contributed by atoms with van der Waals surface area (Å²) in [6, 6.07) is 8.36. The molecule has 0 saturated carbocycles. The van der Waals surface area contributed by atoms with Gasteiger partial charge in [0.05, 0.1) is 16.9 Å². The first kappa shape index (κ1) is 22.2. The molecule has 0 unspecified atom stereocenters. The Labute approximate surface area is 163 Å². The average molecular weight is 379 g/mol. The molecule has 0 spiro atoms. The lowest BCUT2D eigenvalue weighted by atomic mass is 9.89. The molecule has 0 radical (unpaired) electrons. The number of carbonyl (C=O) groups is 1. The van der Waals surface area contributed by atoms with Crippen LogP contribution in [-0.4, -0.2) is 34.8 Å². The average Bonchev–Trinajstić information content (AvgIpc) is 2.99. The highest BCUT2D eigenvalue weighted by Gasteiger charge is 2.26. The van der Waals surface area contributed by atoms with E-state index in [1.165, 1.54) is 5.56 Å². The lowest BCUT2D eigenvalue weighted by Gasteiger charge is -2.18. The van der Waals surface area contributed by atoms with Gasteiger partial charge in [0.1, 0.15) is 0 Å². The Morgan fingerprint density at radius 1 is 1.23 bits per heavy atom. The Bertz CT molecular complexity index is 716. The second-order valence-electron chi connectivity index (χ2n) is 7.59. The molecule has 1 aromatic carbocycles. The van der Waals surface area contributed by atoms with Crippen molar-refractivity contribution in [2.45, 2.75) is 53.0 Å². The van der Waals surface area contributed by atoms with Crippen LogP contribution in [0.2, 0.25) is 0 Å². The molecule has 1 heterocycles. The number of nitrogens with one attached hydrogen (secondary N) is 2. The Morgan fingerprint density at radius 3 is 2.38 bits per heavy atom. The van der Waals surface area contributed by atoms with Gasteiger partial charge in [0, 0.05) is 24.2 Å². The number of hydrogen-bond donors (Lipinski definition) is 2. The molecular weight excluding hydrogens is 348 g/mol. The van der Waals surface area contributed by atoms with Crippen LogP contribution in [0.15, 0.2) is 30.5 Å². The van der Waals surface area contributed by atoms with Crippen molar-refractivity contribution >= 4 is 18.3 Å². The Balaban J connectivity index is 0.00000338. The Morgan fingerprint density at radius 2 is 1.85 bits per heavy atom. The van der Waals surface area contributed by atoms with Gasteiger partial charge in [0.15, 0.2) is 0 Å². The van der Waals surface area contributed by atoms with E-state index in [1.54, 1.807) is 4.68 Å². The van der Waals surface area contributed by atoms with E-state index in [0.29, 0.717) is 12.1 Å². The summed E-state index contributed by atoms with van der Waals surface area (Å²) >= 11 is 0. The smallest absolute Gasteiger partial charge is 0.254 e. The summed E-state index contributed by atoms with van der Waals surface area (Å²) in [6.07, 6.45) is 1.83. The maximum atomic E-state index is 12.7. The minimum absolute atomic E-state index is 0. The molecule has 144 valence electrons. The molecule has 26 heavy (non-hydrogen) atoms. The fourth-order valence-corrected chi connectivity index (χ4v) is 2.69. The van der Waals surface area contributed by atoms with E-state index in [4.69, 9.17) is 5.10 Å². The number of aromatic nitrogens is 2. The van der Waals surface area contributed by atoms with E-state index in [9.17, 15) is 4.79 Å². The second-order valence-corrected chi connectivity index (χ2v) is 7.59. The number of likely N-dealkylation sites (N-methyl/N-ethyl adjacent to an activating group) is 1. The van der Waals surface area contributed by atoms with Crippen LogP contribution in [0.4, 0.5) is 0 Å². The van der Waals surface area contributed by atoms with Crippen molar-refractivity contribution in [2.75, 3.05) is 13.1 Å². The maximum absolute atomic E-state index is 12.7. The molecule has 0 aliphatic heterocycles. The van der Waals surface area contributed by atoms with Gasteiger partial charge in [0.25, 0.3) is 5.91 Å². The van der Waals surface area contributed by atoms with Crippen molar-refractivity contribution in [3.8, 4) is 5.69 Å². The van der Waals surface area contributed by atoms with Crippen molar-refractivity contribution in [1.82, 2.24) is 20.4 Å². The largest absolute Gasteiger partial charge is 0.350 e. The third-order valence-corrected chi connectivity index (χ3v) is 4.09. The zero-order valence-corrected chi connectivity index (χ0v) is 17.4. The monoisotopic (exact) mass is 378 g/mol. The fourth-order valence-electron chi connectivity index (χ4n) is 2.69. The van der Waals surface area contributed by atoms with Crippen molar-refractivity contribution in [3.63, 3.8) is 0 Å². The summed E-state index contributed by atoms with van der Waals surface area (Å²) in [4.78, 5) is 12.7. The quantitative estimate of drug-likeness (QED) is 0.806. The number of aryl methyl sites for hydroxylation is 1. The molecule has 2 aromatic rings. The third-order valence-electron chi connectivity index (χ3n) is 4.09. The lowest BCUT2D eigenvalue weighted by molar-refractivity contribution is 0.0948. The summed E-state index contributed by atoms with van der Waals surface area (Å²) < 4.78 is 1.79. The van der Waals surface area contributed by atoms with Gasteiger partial charge in [-0.15, -0.1) is 12.4 Å². The van der Waals surface area contributed by atoms with Crippen molar-refractivity contribution in [2.24, 2.45) is 0 Å². The van der Waals surface area contributed by atoms with Crippen LogP contribution in [-0.2, 0) is 5.41 Å². The first-order valence-electron chi connectivity index (χ1n) is 8.91. The number of benzene rings is 1. The van der Waals surface area contributed by atoms with E-state index in [1.807, 2.05) is 30.5 Å². The van der Waals surface area contributed by atoms with Gasteiger partial charge >= 0.3 is 0 Å². The highest BCUT2D eigenvalue weighted by Crippen LogP contribution is 2.25. The van der Waals surface area contributed by atoms with Crippen LogP contribution in [0.3, 0.4) is 0 Å². The highest BCUT2D eigenvalue weighted by molar-refractivity contribution is 5.95. The van der Waals surface area contributed by atoms with E-state index >= 15 is 0 Å². The van der Waals surface area contributed by atoms with Crippen LogP contribution >= 0.6 is 12.4 Å². The maximum Gasteiger partial charge on any atom is 0.254 e. The van der Waals surface area contributed by atoms with Crippen LogP contribution < -0.4 is 10.6 Å². The number of hydrogen-bond acceptors (Lipinski definition) is 3. The zero-order valence-electron chi connectivity index (χ0n) is 16.6. The minimum Gasteiger partial charge on any atom is -0.350 e. The predicted molar refractivity (Wildman–Crippen MR) is 110 cm³/mol. The van der Waals surface area contributed by atoms with Gasteiger partial charge in [-0.3, -0.25) is 4.79 Å². The lowest BCUT2D eigenvalue weighted by Crippen LogP contribution is -2.39. The van der Waals surface area contributed by atoms with Crippen molar-refractivity contribution in [3.05, 3.63) is 47.3 Å². The van der Waals surface area contributed by atoms with Crippen LogP contribution in [0.1, 0.15) is 56.2 Å². The normalized spacial score (nSPS) is 12.4. The standard InChI is InChI=1S/C20H30N4O.ClH/c1-7-21-15(3)12-22-19(25)17-13-24(23-18(17)20(4,5)6)16-10-8-14(2)9-11-16;/h8-11,13,15,21H,7,12H2,1-6H3,(H,22,25);1H/t15-;/m1./s1. The molecule has 2 N–H and O–H groups in total. The van der Waals surface area contributed by atoms with Gasteiger partial charge < -0.3 is 10.6 Å². The van der Waals surface area contributed by atoms with E-state index in [0.717, 1.165) is 17.9 Å². The van der Waals surface area contributed by atoms with Crippen molar-refractivity contribution in [1.29, 1.82) is 0 Å². The topological polar surface area (TPSA) is 58.9 Å². The van der Waals surface area contributed by atoms with Gasteiger partial charge in [-0.05, 0) is 32.5 Å². The Kier molecular flexibility index (Phi) is 7.85. The number of carbonyl (C=O) groups excluding carboxylic acids is 1. The number of rotatable bonds is 6. The summed E-state index contributed by atoms with van der Waals surface area (Å²) in [5.74, 6) is -0.0759. The summed E-state index contributed by atoms with van der Waals surface area (Å²) in [7, 11) is 0. The first-order valence-corrected chi connectivity index (χ1v) is 8.91. The predicted octanol–water partition coefficient (Wildman–Crippen LogP) is 3.63. The zero-order chi connectivity index (χ0) is 18.6. The summed E-state index contributed by atoms with van der Waals surface area (Å²) in [5, 5.41) is 11.0. The highest BCUT2D eigenvalue weighted by atomic mass is 35.5. The fraction of sp³-hybridized carbons (Fsp3) is 0.500. The number of halogens is 1. The molecular formula is C20H31ClN4O. The molecule has 5 nitrogen and oxygen atoms in total. The molecule has 0 bridgehead atoms. The van der Waals surface area contributed by atoms with Crippen LogP contribution in [0, 0.1) is 6.92 Å². The number of nitrogens with zero attached hydrogens (tertiary/aromatic N) is 2. The van der Waals surface area contributed by atoms with E-state index in [-0.39, 0.29) is 29.8 Å². The molecule has 1 aromatic heterocycles. The molecule has 0 saturated heterocycles. The first-order chi connectivity index (χ1) is 11.7. The molecule has 1 amide bonds. The minimum atomic E-state index is -0.212. The van der Waals surface area contributed by atoms with E-state index < -0.39 is 0 Å². The SMILES string of the molecule is CCN[C@H](C)CNC(=O)c1cn(-c2ccc(C)cc2)nc1C(C)(C)C.Cl. The number of amides is 1. The molecule has 0 fully saturated rings. The molecule has 0 aliphatic carbocycles. The van der Waals surface area contributed by atoms with Gasteiger partial charge in [-0.25, -0.2) is 4.68 Å². The summed E-state index contributed by atoms with van der Waals surface area (Å²) in [5.41, 5.74) is 3.38. The van der Waals surface area contributed by atoms with Crippen molar-refractivity contribution < 1.29 is 4.79 Å². The van der Waals surface area contributed by atoms with Crippen LogP contribution in [0.25, 0.3) is 5.69 Å². The molecule has 6 heteroatoms. The van der Waals surface area contributed by atoms with Gasteiger partial charge in [-0.1, -0.05) is 45.4 Å². The van der Waals surface area contributed by atoms with Gasteiger partial charge in [0.2, 0.25) is 0 Å². The van der Waals surface area contributed by atoms with E-state index in [2.05, 4.69) is 52.2 Å². The molecule has 1 atom stereocenters.